The second kappa shape index (κ2) is 19.4. The predicted octanol–water partition coefficient (Wildman–Crippen LogP) is 11.0. The number of aromatic hydroxyl groups is 1. The summed E-state index contributed by atoms with van der Waals surface area (Å²) in [6.07, 6.45) is 15.2. The number of phenolic OH excluding ortho intramolecular Hbond substituents is 1. The molecule has 0 bridgehead atoms. The molecule has 0 radical (unpaired) electrons. The molecule has 0 fully saturated rings. The Hall–Kier alpha value is -5.90. The van der Waals surface area contributed by atoms with Gasteiger partial charge in [-0.15, -0.1) is 5.10 Å². The van der Waals surface area contributed by atoms with E-state index < -0.39 is 11.9 Å². The summed E-state index contributed by atoms with van der Waals surface area (Å²) in [5.41, 5.74) is 2.81. The number of ether oxygens (including phenoxy) is 2. The van der Waals surface area contributed by atoms with E-state index in [0.717, 1.165) is 12.8 Å². The van der Waals surface area contributed by atoms with Crippen molar-refractivity contribution in [1.82, 2.24) is 15.0 Å². The molecule has 10 nitrogen and oxygen atoms in total. The Morgan fingerprint density at radius 1 is 0.691 bits per heavy atom. The molecule has 3 N–H and O–H groups in total. The Bertz CT molecular complexity index is 2200. The number of amides is 1. The number of anilines is 1. The van der Waals surface area contributed by atoms with Gasteiger partial charge in [0, 0.05) is 16.3 Å². The van der Waals surface area contributed by atoms with Crippen LogP contribution < -0.4 is 14.8 Å². The van der Waals surface area contributed by atoms with Crippen molar-refractivity contribution in [3.63, 3.8) is 0 Å². The maximum Gasteiger partial charge on any atom is 0.336 e. The highest BCUT2D eigenvalue weighted by Gasteiger charge is 2.22. The van der Waals surface area contributed by atoms with Gasteiger partial charge < -0.3 is 25.0 Å². The Morgan fingerprint density at radius 3 is 2.04 bits per heavy atom. The summed E-state index contributed by atoms with van der Waals surface area (Å²) < 4.78 is 13.9. The van der Waals surface area contributed by atoms with Crippen molar-refractivity contribution in [1.29, 1.82) is 0 Å². The monoisotopic (exact) mass is 742 g/mol. The van der Waals surface area contributed by atoms with E-state index >= 15 is 0 Å². The molecule has 1 aromatic heterocycles. The Kier molecular flexibility index (Phi) is 13.7. The molecule has 0 atom stereocenters. The fourth-order valence-electron chi connectivity index (χ4n) is 6.97. The highest BCUT2D eigenvalue weighted by atomic mass is 16.5. The van der Waals surface area contributed by atoms with E-state index in [1.807, 2.05) is 54.6 Å². The topological polar surface area (TPSA) is 136 Å². The van der Waals surface area contributed by atoms with E-state index in [2.05, 4.69) is 22.6 Å². The number of rotatable bonds is 21. The number of carbonyl (C=O) groups is 2. The van der Waals surface area contributed by atoms with Gasteiger partial charge in [-0.3, -0.25) is 4.79 Å². The van der Waals surface area contributed by atoms with Gasteiger partial charge in [0.1, 0.15) is 22.8 Å². The second-order valence-corrected chi connectivity index (χ2v) is 13.9. The van der Waals surface area contributed by atoms with E-state index in [4.69, 9.17) is 9.47 Å². The lowest BCUT2D eigenvalue weighted by molar-refractivity contribution is 0.0697. The number of hydrogen-bond donors (Lipinski definition) is 3. The summed E-state index contributed by atoms with van der Waals surface area (Å²) >= 11 is 0. The Morgan fingerprint density at radius 2 is 1.33 bits per heavy atom. The number of aromatic carboxylic acids is 1. The van der Waals surface area contributed by atoms with E-state index in [1.165, 1.54) is 81.0 Å². The van der Waals surface area contributed by atoms with E-state index in [-0.39, 0.29) is 23.6 Å². The van der Waals surface area contributed by atoms with Crippen LogP contribution in [-0.4, -0.2) is 43.7 Å². The van der Waals surface area contributed by atoms with Gasteiger partial charge in [-0.25, -0.2) is 9.48 Å². The highest BCUT2D eigenvalue weighted by molar-refractivity contribution is 6.11. The van der Waals surface area contributed by atoms with Crippen molar-refractivity contribution < 1.29 is 29.3 Å². The molecule has 0 spiro atoms. The molecule has 0 saturated carbocycles. The zero-order chi connectivity index (χ0) is 38.4. The highest BCUT2D eigenvalue weighted by Crippen LogP contribution is 2.38. The minimum Gasteiger partial charge on any atom is -0.506 e. The minimum atomic E-state index is -1.07. The van der Waals surface area contributed by atoms with Crippen LogP contribution >= 0.6 is 0 Å². The lowest BCUT2D eigenvalue weighted by Gasteiger charge is -2.16. The molecule has 6 aromatic rings. The van der Waals surface area contributed by atoms with Crippen molar-refractivity contribution in [3.05, 3.63) is 108 Å². The number of para-hydroxylation sites is 2. The number of aromatic nitrogens is 3. The molecule has 0 aliphatic heterocycles. The molecular weight excluding hydrogens is 693 g/mol. The fraction of sp³-hybridized carbons (Fsp3) is 0.333. The first-order valence-electron chi connectivity index (χ1n) is 19.5. The molecule has 0 aliphatic carbocycles. The van der Waals surface area contributed by atoms with Crippen LogP contribution in [-0.2, 0) is 6.73 Å². The number of nitrogens with one attached hydrogen (secondary N) is 1. The van der Waals surface area contributed by atoms with Gasteiger partial charge in [-0.2, -0.15) is 0 Å². The molecular formula is C45H50N4O6. The lowest BCUT2D eigenvalue weighted by Crippen LogP contribution is -2.14. The quantitative estimate of drug-likeness (QED) is 0.0620. The SMILES string of the molecule is CCCCCCCCCCCCCCOc1ccccc1NC(=O)c1cc(OCn2nnc3c(-c4ccccc4)c(C(=O)O)ccc32)c2ccccc2c1O. The van der Waals surface area contributed by atoms with Gasteiger partial charge in [-0.1, -0.05) is 149 Å². The zero-order valence-corrected chi connectivity index (χ0v) is 31.5. The van der Waals surface area contributed by atoms with Gasteiger partial charge >= 0.3 is 5.97 Å². The normalized spacial score (nSPS) is 11.2. The van der Waals surface area contributed by atoms with E-state index in [1.54, 1.807) is 30.3 Å². The number of fused-ring (bicyclic) bond motifs is 2. The van der Waals surface area contributed by atoms with Crippen molar-refractivity contribution >= 4 is 39.4 Å². The molecule has 10 heteroatoms. The third-order valence-electron chi connectivity index (χ3n) is 9.94. The molecule has 55 heavy (non-hydrogen) atoms. The number of carboxylic acid groups (broad SMARTS) is 1. The number of hydrogen-bond acceptors (Lipinski definition) is 7. The van der Waals surface area contributed by atoms with Crippen LogP contribution in [0.3, 0.4) is 0 Å². The summed E-state index contributed by atoms with van der Waals surface area (Å²) in [4.78, 5) is 25.9. The summed E-state index contributed by atoms with van der Waals surface area (Å²) in [5, 5.41) is 33.8. The lowest BCUT2D eigenvalue weighted by atomic mass is 9.98. The van der Waals surface area contributed by atoms with Gasteiger partial charge in [0.15, 0.2) is 6.73 Å². The van der Waals surface area contributed by atoms with Gasteiger partial charge in [0.25, 0.3) is 5.91 Å². The fourth-order valence-corrected chi connectivity index (χ4v) is 6.97. The van der Waals surface area contributed by atoms with Crippen LogP contribution in [0, 0.1) is 0 Å². The van der Waals surface area contributed by atoms with Crippen LogP contribution in [0.2, 0.25) is 0 Å². The molecule has 1 amide bonds. The molecule has 0 saturated heterocycles. The maximum absolute atomic E-state index is 13.8. The number of benzene rings is 5. The molecule has 5 aromatic carbocycles. The van der Waals surface area contributed by atoms with Crippen LogP contribution in [0.4, 0.5) is 5.69 Å². The minimum absolute atomic E-state index is 0.0328. The number of carbonyl (C=O) groups excluding carboxylic acids is 1. The first-order chi connectivity index (χ1) is 27.0. The number of phenols is 1. The Balaban J connectivity index is 1.10. The van der Waals surface area contributed by atoms with Crippen LogP contribution in [0.15, 0.2) is 97.1 Å². The largest absolute Gasteiger partial charge is 0.506 e. The molecule has 6 rings (SSSR count). The van der Waals surface area contributed by atoms with E-state index in [9.17, 15) is 19.8 Å². The molecule has 0 aliphatic rings. The van der Waals surface area contributed by atoms with E-state index in [0.29, 0.717) is 56.7 Å². The maximum atomic E-state index is 13.8. The van der Waals surface area contributed by atoms with Gasteiger partial charge in [-0.05, 0) is 42.3 Å². The van der Waals surface area contributed by atoms with Crippen LogP contribution in [0.5, 0.6) is 17.2 Å². The van der Waals surface area contributed by atoms with Crippen LogP contribution in [0.25, 0.3) is 32.9 Å². The molecule has 0 unspecified atom stereocenters. The summed E-state index contributed by atoms with van der Waals surface area (Å²) in [7, 11) is 0. The number of nitrogens with zero attached hydrogens (tertiary/aromatic N) is 3. The molecule has 1 heterocycles. The summed E-state index contributed by atoms with van der Waals surface area (Å²) in [6, 6.07) is 28.3. The van der Waals surface area contributed by atoms with Crippen LogP contribution in [0.1, 0.15) is 105 Å². The Labute approximate surface area is 322 Å². The molecule has 286 valence electrons. The third-order valence-corrected chi connectivity index (χ3v) is 9.94. The average Bonchev–Trinajstić information content (AvgIpc) is 3.63. The van der Waals surface area contributed by atoms with Gasteiger partial charge in [0.2, 0.25) is 0 Å². The second-order valence-electron chi connectivity index (χ2n) is 13.9. The smallest absolute Gasteiger partial charge is 0.336 e. The van der Waals surface area contributed by atoms with Crippen molar-refractivity contribution in [2.75, 3.05) is 11.9 Å². The summed E-state index contributed by atoms with van der Waals surface area (Å²) in [6.45, 7) is 2.71. The first kappa shape index (κ1) is 38.8. The number of carboxylic acids is 1. The van der Waals surface area contributed by atoms with Crippen molar-refractivity contribution in [2.45, 2.75) is 90.7 Å². The standard InChI is InChI=1S/C45H50N4O6/c1-2-3-4-5-6-7-8-9-10-11-12-20-29-54-39-26-19-18-25-37(39)46-44(51)36-30-40(33-23-16-17-24-34(33)43(36)50)55-31-49-38-28-27-35(45(52)53)41(42(38)47-48-49)32-21-14-13-15-22-32/h13-19,21-28,30,50H,2-12,20,29,31H2,1H3,(H,46,51)(H,52,53). The number of unbranched alkanes of at least 4 members (excludes halogenated alkanes) is 11. The first-order valence-corrected chi connectivity index (χ1v) is 19.5. The average molecular weight is 743 g/mol. The third kappa shape index (κ3) is 9.81. The van der Waals surface area contributed by atoms with Crippen molar-refractivity contribution in [2.24, 2.45) is 0 Å². The zero-order valence-electron chi connectivity index (χ0n) is 31.5. The summed E-state index contributed by atoms with van der Waals surface area (Å²) in [5.74, 6) is -0.842. The predicted molar refractivity (Wildman–Crippen MR) is 217 cm³/mol. The van der Waals surface area contributed by atoms with Gasteiger partial charge in [0.05, 0.1) is 28.9 Å². The van der Waals surface area contributed by atoms with Crippen molar-refractivity contribution in [3.8, 4) is 28.4 Å².